The summed E-state index contributed by atoms with van der Waals surface area (Å²) >= 11 is 0. The third-order valence-electron chi connectivity index (χ3n) is 3.38. The Morgan fingerprint density at radius 1 is 1.32 bits per heavy atom. The van der Waals surface area contributed by atoms with Crippen LogP contribution in [0.3, 0.4) is 0 Å². The highest BCUT2D eigenvalue weighted by atomic mass is 16.2. The summed E-state index contributed by atoms with van der Waals surface area (Å²) in [5, 5.41) is 10.5. The van der Waals surface area contributed by atoms with Crippen LogP contribution in [-0.4, -0.2) is 21.7 Å². The highest BCUT2D eigenvalue weighted by Crippen LogP contribution is 2.29. The fourth-order valence-corrected chi connectivity index (χ4v) is 2.41. The first kappa shape index (κ1) is 11.8. The summed E-state index contributed by atoms with van der Waals surface area (Å²) in [6.07, 6.45) is 0.663. The van der Waals surface area contributed by atoms with Crippen molar-refractivity contribution in [2.45, 2.75) is 19.4 Å². The Morgan fingerprint density at radius 2 is 2.05 bits per heavy atom. The number of nitrogens with zero attached hydrogens (tertiary/aromatic N) is 2. The van der Waals surface area contributed by atoms with Gasteiger partial charge in [0.15, 0.2) is 0 Å². The summed E-state index contributed by atoms with van der Waals surface area (Å²) in [7, 11) is 1.87. The molecule has 0 fully saturated rings. The van der Waals surface area contributed by atoms with Gasteiger partial charge in [0.05, 0.1) is 5.69 Å². The Kier molecular flexibility index (Phi) is 2.74. The van der Waals surface area contributed by atoms with Gasteiger partial charge in [-0.05, 0) is 12.5 Å². The third kappa shape index (κ3) is 2.07. The molecule has 1 amide bonds. The van der Waals surface area contributed by atoms with Crippen molar-refractivity contribution in [3.05, 3.63) is 41.6 Å². The van der Waals surface area contributed by atoms with Gasteiger partial charge in [-0.25, -0.2) is 0 Å². The molecular weight excluding hydrogens is 240 g/mol. The Morgan fingerprint density at radius 3 is 2.79 bits per heavy atom. The summed E-state index contributed by atoms with van der Waals surface area (Å²) in [5.41, 5.74) is 2.76. The molecule has 0 aliphatic carbocycles. The summed E-state index contributed by atoms with van der Waals surface area (Å²) < 4.78 is 1.77. The van der Waals surface area contributed by atoms with Gasteiger partial charge in [0.25, 0.3) is 0 Å². The van der Waals surface area contributed by atoms with Gasteiger partial charge in [-0.15, -0.1) is 0 Å². The van der Waals surface area contributed by atoms with Crippen LogP contribution >= 0.6 is 0 Å². The van der Waals surface area contributed by atoms with Gasteiger partial charge in [-0.1, -0.05) is 30.3 Å². The minimum atomic E-state index is -0.260. The molecule has 2 N–H and O–H groups in total. The van der Waals surface area contributed by atoms with Crippen molar-refractivity contribution in [1.29, 1.82) is 0 Å². The number of fused-ring (bicyclic) bond motifs is 1. The molecular formula is C14H16N4O. The molecule has 3 rings (SSSR count). The van der Waals surface area contributed by atoms with Crippen LogP contribution in [-0.2, 0) is 18.3 Å². The fraction of sp³-hybridized carbons (Fsp3) is 0.286. The minimum absolute atomic E-state index is 0.00699. The van der Waals surface area contributed by atoms with Crippen molar-refractivity contribution in [2.24, 2.45) is 7.05 Å². The number of rotatable bonds is 2. The summed E-state index contributed by atoms with van der Waals surface area (Å²) in [5.74, 6) is 0.866. The molecule has 1 aromatic carbocycles. The van der Waals surface area contributed by atoms with E-state index in [-0.39, 0.29) is 11.9 Å². The zero-order valence-corrected chi connectivity index (χ0v) is 11.0. The fourth-order valence-electron chi connectivity index (χ4n) is 2.41. The van der Waals surface area contributed by atoms with Crippen LogP contribution in [0.25, 0.3) is 0 Å². The highest BCUT2D eigenvalue weighted by Gasteiger charge is 2.29. The smallest absolute Gasteiger partial charge is 0.247 e. The number of carbonyl (C=O) groups excluding carboxylic acids is 1. The van der Waals surface area contributed by atoms with Crippen LogP contribution < -0.4 is 10.6 Å². The van der Waals surface area contributed by atoms with Crippen molar-refractivity contribution in [3.63, 3.8) is 0 Å². The molecule has 2 heterocycles. The average molecular weight is 256 g/mol. The van der Waals surface area contributed by atoms with Crippen LogP contribution in [0.15, 0.2) is 30.3 Å². The Labute approximate surface area is 111 Å². The molecule has 2 aromatic rings. The number of aromatic nitrogens is 2. The molecule has 0 radical (unpaired) electrons. The van der Waals surface area contributed by atoms with Crippen LogP contribution in [0.1, 0.15) is 11.3 Å². The number of anilines is 2. The minimum Gasteiger partial charge on any atom is -0.357 e. The number of carbonyl (C=O) groups is 1. The number of nitrogens with one attached hydrogen (secondary N) is 2. The predicted octanol–water partition coefficient (Wildman–Crippen LogP) is 1.70. The molecule has 98 valence electrons. The SMILES string of the molecule is Cc1nn(C)c2c1NC(=O)C(Cc1ccccc1)N2. The Bertz CT molecular complexity index is 618. The molecule has 0 saturated heterocycles. The van der Waals surface area contributed by atoms with Crippen molar-refractivity contribution >= 4 is 17.4 Å². The quantitative estimate of drug-likeness (QED) is 0.860. The van der Waals surface area contributed by atoms with E-state index in [9.17, 15) is 4.79 Å². The number of hydrogen-bond acceptors (Lipinski definition) is 3. The lowest BCUT2D eigenvalue weighted by atomic mass is 10.0. The number of amides is 1. The van der Waals surface area contributed by atoms with Crippen molar-refractivity contribution in [2.75, 3.05) is 10.6 Å². The second-order valence-electron chi connectivity index (χ2n) is 4.81. The normalized spacial score (nSPS) is 17.6. The van der Waals surface area contributed by atoms with Crippen LogP contribution in [0.2, 0.25) is 0 Å². The maximum atomic E-state index is 12.1. The van der Waals surface area contributed by atoms with Crippen molar-refractivity contribution in [1.82, 2.24) is 9.78 Å². The van der Waals surface area contributed by atoms with Gasteiger partial charge >= 0.3 is 0 Å². The van der Waals surface area contributed by atoms with E-state index in [1.807, 2.05) is 44.3 Å². The molecule has 1 unspecified atom stereocenters. The summed E-state index contributed by atoms with van der Waals surface area (Å²) in [6.45, 7) is 1.89. The molecule has 1 aromatic heterocycles. The van der Waals surface area contributed by atoms with E-state index in [0.717, 1.165) is 22.8 Å². The van der Waals surface area contributed by atoms with Gasteiger partial charge in [-0.3, -0.25) is 9.48 Å². The topological polar surface area (TPSA) is 59.0 Å². The molecule has 5 nitrogen and oxygen atoms in total. The Balaban J connectivity index is 1.86. The van der Waals surface area contributed by atoms with Crippen LogP contribution in [0.4, 0.5) is 11.5 Å². The van der Waals surface area contributed by atoms with Gasteiger partial charge < -0.3 is 10.6 Å². The first-order chi connectivity index (χ1) is 9.15. The molecule has 19 heavy (non-hydrogen) atoms. The highest BCUT2D eigenvalue weighted by molar-refractivity contribution is 6.03. The lowest BCUT2D eigenvalue weighted by Crippen LogP contribution is -2.40. The second kappa shape index (κ2) is 4.42. The molecule has 1 atom stereocenters. The van der Waals surface area contributed by atoms with E-state index in [2.05, 4.69) is 15.7 Å². The van der Waals surface area contributed by atoms with E-state index >= 15 is 0 Å². The van der Waals surface area contributed by atoms with Gasteiger partial charge in [0, 0.05) is 13.5 Å². The first-order valence-corrected chi connectivity index (χ1v) is 6.30. The molecule has 1 aliphatic rings. The van der Waals surface area contributed by atoms with E-state index < -0.39 is 0 Å². The lowest BCUT2D eigenvalue weighted by molar-refractivity contribution is -0.117. The molecule has 5 heteroatoms. The predicted molar refractivity (Wildman–Crippen MR) is 74.1 cm³/mol. The van der Waals surface area contributed by atoms with Crippen LogP contribution in [0.5, 0.6) is 0 Å². The monoisotopic (exact) mass is 256 g/mol. The van der Waals surface area contributed by atoms with Crippen molar-refractivity contribution < 1.29 is 4.79 Å². The second-order valence-corrected chi connectivity index (χ2v) is 4.81. The zero-order valence-electron chi connectivity index (χ0n) is 11.0. The van der Waals surface area contributed by atoms with Crippen molar-refractivity contribution in [3.8, 4) is 0 Å². The maximum absolute atomic E-state index is 12.1. The van der Waals surface area contributed by atoms with E-state index in [4.69, 9.17) is 0 Å². The van der Waals surface area contributed by atoms with E-state index in [0.29, 0.717) is 6.42 Å². The van der Waals surface area contributed by atoms with Gasteiger partial charge in [0.2, 0.25) is 5.91 Å². The van der Waals surface area contributed by atoms with E-state index in [1.54, 1.807) is 4.68 Å². The van der Waals surface area contributed by atoms with Gasteiger partial charge in [0.1, 0.15) is 17.5 Å². The molecule has 0 spiro atoms. The van der Waals surface area contributed by atoms with E-state index in [1.165, 1.54) is 0 Å². The largest absolute Gasteiger partial charge is 0.357 e. The number of hydrogen-bond donors (Lipinski definition) is 2. The third-order valence-corrected chi connectivity index (χ3v) is 3.38. The lowest BCUT2D eigenvalue weighted by Gasteiger charge is -2.25. The average Bonchev–Trinajstić information content (AvgIpc) is 2.67. The molecule has 0 bridgehead atoms. The first-order valence-electron chi connectivity index (χ1n) is 6.30. The molecule has 0 saturated carbocycles. The standard InChI is InChI=1S/C14H16N4O/c1-9-12-13(18(2)17-9)15-11(14(19)16-12)8-10-6-4-3-5-7-10/h3-7,11,15H,8H2,1-2H3,(H,16,19). The Hall–Kier alpha value is -2.30. The number of aryl methyl sites for hydroxylation is 2. The summed E-state index contributed by atoms with van der Waals surface area (Å²) in [4.78, 5) is 12.1. The maximum Gasteiger partial charge on any atom is 0.247 e. The zero-order chi connectivity index (χ0) is 13.4. The van der Waals surface area contributed by atoms with Crippen LogP contribution in [0, 0.1) is 6.92 Å². The summed E-state index contributed by atoms with van der Waals surface area (Å²) in [6, 6.07) is 9.73. The van der Waals surface area contributed by atoms with Gasteiger partial charge in [-0.2, -0.15) is 5.10 Å². The molecule has 1 aliphatic heterocycles. The number of benzene rings is 1.